The van der Waals surface area contributed by atoms with E-state index in [4.69, 9.17) is 0 Å². The molecular formula is C12H18Br2N+. The summed E-state index contributed by atoms with van der Waals surface area (Å²) >= 11 is 7.16. The fourth-order valence-corrected chi connectivity index (χ4v) is 2.72. The molecule has 0 saturated heterocycles. The summed E-state index contributed by atoms with van der Waals surface area (Å²) in [7, 11) is 4.54. The van der Waals surface area contributed by atoms with E-state index in [-0.39, 0.29) is 0 Å². The lowest BCUT2D eigenvalue weighted by atomic mass is 10.2. The maximum Gasteiger partial charge on any atom is 0.104 e. The molecule has 0 aliphatic carbocycles. The van der Waals surface area contributed by atoms with E-state index in [9.17, 15) is 0 Å². The molecule has 1 atom stereocenters. The first-order valence-electron chi connectivity index (χ1n) is 5.09. The molecule has 1 rings (SSSR count). The Bertz CT molecular complexity index is 285. The Kier molecular flexibility index (Phi) is 5.30. The lowest BCUT2D eigenvalue weighted by molar-refractivity contribution is -0.902. The molecule has 3 heteroatoms. The molecule has 84 valence electrons. The molecule has 0 heterocycles. The van der Waals surface area contributed by atoms with E-state index in [2.05, 4.69) is 76.3 Å². The van der Waals surface area contributed by atoms with Crippen molar-refractivity contribution in [1.82, 2.24) is 0 Å². The summed E-state index contributed by atoms with van der Waals surface area (Å²) in [6.07, 6.45) is 0. The molecule has 0 unspecified atom stereocenters. The number of benzene rings is 1. The Hall–Kier alpha value is 0.140. The van der Waals surface area contributed by atoms with E-state index < -0.39 is 0 Å². The molecule has 0 spiro atoms. The average Bonchev–Trinajstić information content (AvgIpc) is 2.17. The van der Waals surface area contributed by atoms with Crippen LogP contribution in [0.3, 0.4) is 0 Å². The van der Waals surface area contributed by atoms with Crippen molar-refractivity contribution in [2.45, 2.75) is 11.4 Å². The van der Waals surface area contributed by atoms with Crippen molar-refractivity contribution in [3.63, 3.8) is 0 Å². The van der Waals surface area contributed by atoms with Crippen LogP contribution < -0.4 is 0 Å². The van der Waals surface area contributed by atoms with Crippen LogP contribution in [-0.4, -0.2) is 35.3 Å². The zero-order valence-electron chi connectivity index (χ0n) is 9.29. The van der Waals surface area contributed by atoms with Crippen LogP contribution in [-0.2, 0) is 6.54 Å². The summed E-state index contributed by atoms with van der Waals surface area (Å²) in [6.45, 7) is 2.20. The van der Waals surface area contributed by atoms with Gasteiger partial charge in [0.15, 0.2) is 0 Å². The lowest BCUT2D eigenvalue weighted by Gasteiger charge is -2.31. The van der Waals surface area contributed by atoms with Crippen molar-refractivity contribution in [2.75, 3.05) is 26.0 Å². The van der Waals surface area contributed by atoms with Gasteiger partial charge < -0.3 is 4.48 Å². The maximum absolute atomic E-state index is 3.66. The highest BCUT2D eigenvalue weighted by Crippen LogP contribution is 2.14. The standard InChI is InChI=1S/C12H18Br2N/c1-15(2,10-12(14)8-13)9-11-6-4-3-5-7-11/h3-7,12H,8-10H2,1-2H3/q+1/t12-/m0/s1. The van der Waals surface area contributed by atoms with Crippen LogP contribution in [0.15, 0.2) is 30.3 Å². The number of hydrogen-bond acceptors (Lipinski definition) is 0. The van der Waals surface area contributed by atoms with E-state index in [0.717, 1.165) is 22.9 Å². The van der Waals surface area contributed by atoms with Crippen LogP contribution >= 0.6 is 31.9 Å². The predicted octanol–water partition coefficient (Wildman–Crippen LogP) is 3.42. The van der Waals surface area contributed by atoms with Crippen molar-refractivity contribution < 1.29 is 4.48 Å². The fourth-order valence-electron chi connectivity index (χ4n) is 1.73. The number of quaternary nitrogens is 1. The SMILES string of the molecule is C[N+](C)(Cc1ccccc1)C[C@@H](Br)CBr. The number of hydrogen-bond donors (Lipinski definition) is 0. The second-order valence-electron chi connectivity index (χ2n) is 4.51. The first kappa shape index (κ1) is 13.2. The minimum atomic E-state index is 0.538. The zero-order chi connectivity index (χ0) is 11.3. The summed E-state index contributed by atoms with van der Waals surface area (Å²) in [5.41, 5.74) is 1.40. The highest BCUT2D eigenvalue weighted by molar-refractivity contribution is 9.12. The minimum Gasteiger partial charge on any atom is -0.324 e. The van der Waals surface area contributed by atoms with E-state index in [0.29, 0.717) is 4.83 Å². The number of rotatable bonds is 5. The van der Waals surface area contributed by atoms with E-state index in [1.807, 2.05) is 0 Å². The van der Waals surface area contributed by atoms with Crippen LogP contribution in [0.1, 0.15) is 5.56 Å². The third kappa shape index (κ3) is 5.14. The molecule has 1 aromatic carbocycles. The number of halogens is 2. The third-order valence-corrected chi connectivity index (χ3v) is 4.58. The first-order valence-corrected chi connectivity index (χ1v) is 7.13. The summed E-state index contributed by atoms with van der Waals surface area (Å²) in [4.78, 5) is 0.538. The molecule has 0 N–H and O–H groups in total. The van der Waals surface area contributed by atoms with Gasteiger partial charge in [-0.15, -0.1) is 0 Å². The monoisotopic (exact) mass is 334 g/mol. The first-order chi connectivity index (χ1) is 7.03. The Labute approximate surface area is 109 Å². The normalized spacial score (nSPS) is 13.9. The molecule has 15 heavy (non-hydrogen) atoms. The van der Waals surface area contributed by atoms with Gasteiger partial charge in [0.1, 0.15) is 6.54 Å². The van der Waals surface area contributed by atoms with Gasteiger partial charge >= 0.3 is 0 Å². The third-order valence-electron chi connectivity index (χ3n) is 2.31. The molecule has 0 amide bonds. The maximum atomic E-state index is 3.66. The molecule has 0 aromatic heterocycles. The van der Waals surface area contributed by atoms with Crippen molar-refractivity contribution in [1.29, 1.82) is 0 Å². The van der Waals surface area contributed by atoms with Gasteiger partial charge in [-0.1, -0.05) is 62.2 Å². The quantitative estimate of drug-likeness (QED) is 0.571. The van der Waals surface area contributed by atoms with Crippen molar-refractivity contribution in [2.24, 2.45) is 0 Å². The Balaban J connectivity index is 2.56. The summed E-state index contributed by atoms with van der Waals surface area (Å²) in [5.74, 6) is 0. The van der Waals surface area contributed by atoms with E-state index in [1.54, 1.807) is 0 Å². The summed E-state index contributed by atoms with van der Waals surface area (Å²) in [6, 6.07) is 10.7. The second-order valence-corrected chi connectivity index (χ2v) is 6.46. The molecule has 0 aliphatic rings. The van der Waals surface area contributed by atoms with Crippen molar-refractivity contribution >= 4 is 31.9 Å². The molecule has 0 fully saturated rings. The van der Waals surface area contributed by atoms with Gasteiger partial charge in [-0.2, -0.15) is 0 Å². The number of nitrogens with zero attached hydrogens (tertiary/aromatic N) is 1. The number of alkyl halides is 2. The van der Waals surface area contributed by atoms with Crippen LogP contribution in [0.4, 0.5) is 0 Å². The van der Waals surface area contributed by atoms with Crippen molar-refractivity contribution in [3.05, 3.63) is 35.9 Å². The van der Waals surface area contributed by atoms with Gasteiger partial charge in [-0.3, -0.25) is 0 Å². The molecule has 1 aromatic rings. The average molecular weight is 336 g/mol. The zero-order valence-corrected chi connectivity index (χ0v) is 12.5. The molecule has 0 radical (unpaired) electrons. The van der Waals surface area contributed by atoms with Gasteiger partial charge in [0, 0.05) is 10.9 Å². The van der Waals surface area contributed by atoms with Gasteiger partial charge in [0.05, 0.1) is 25.5 Å². The Morgan fingerprint density at radius 1 is 1.20 bits per heavy atom. The Morgan fingerprint density at radius 2 is 1.80 bits per heavy atom. The smallest absolute Gasteiger partial charge is 0.104 e. The molecule has 0 aliphatic heterocycles. The van der Waals surface area contributed by atoms with Gasteiger partial charge in [-0.25, -0.2) is 0 Å². The fraction of sp³-hybridized carbons (Fsp3) is 0.500. The second kappa shape index (κ2) is 6.02. The summed E-state index contributed by atoms with van der Waals surface area (Å²) < 4.78 is 1.01. The predicted molar refractivity (Wildman–Crippen MR) is 73.6 cm³/mol. The molecular weight excluding hydrogens is 318 g/mol. The highest BCUT2D eigenvalue weighted by Gasteiger charge is 2.19. The summed E-state index contributed by atoms with van der Waals surface area (Å²) in [5, 5.41) is 1.00. The van der Waals surface area contributed by atoms with E-state index in [1.165, 1.54) is 5.56 Å². The largest absolute Gasteiger partial charge is 0.324 e. The lowest BCUT2D eigenvalue weighted by Crippen LogP contribution is -2.43. The van der Waals surface area contributed by atoms with Crippen LogP contribution in [0, 0.1) is 0 Å². The van der Waals surface area contributed by atoms with Crippen molar-refractivity contribution in [3.8, 4) is 0 Å². The van der Waals surface area contributed by atoms with Gasteiger partial charge in [-0.05, 0) is 0 Å². The minimum absolute atomic E-state index is 0.538. The highest BCUT2D eigenvalue weighted by atomic mass is 79.9. The topological polar surface area (TPSA) is 0 Å². The van der Waals surface area contributed by atoms with Crippen LogP contribution in [0.25, 0.3) is 0 Å². The van der Waals surface area contributed by atoms with E-state index >= 15 is 0 Å². The van der Waals surface area contributed by atoms with Crippen LogP contribution in [0.5, 0.6) is 0 Å². The van der Waals surface area contributed by atoms with Gasteiger partial charge in [0.25, 0.3) is 0 Å². The molecule has 1 nitrogen and oxygen atoms in total. The molecule has 0 saturated carbocycles. The van der Waals surface area contributed by atoms with Crippen LogP contribution in [0.2, 0.25) is 0 Å². The molecule has 0 bridgehead atoms. The Morgan fingerprint density at radius 3 is 2.33 bits per heavy atom. The van der Waals surface area contributed by atoms with Gasteiger partial charge in [0.2, 0.25) is 0 Å².